The fourth-order valence-electron chi connectivity index (χ4n) is 1.79. The molecular formula is C13H19ClN2O2. The van der Waals surface area contributed by atoms with Gasteiger partial charge in [-0.1, -0.05) is 30.6 Å². The van der Waals surface area contributed by atoms with Gasteiger partial charge < -0.3 is 15.7 Å². The minimum atomic E-state index is -0.00996. The van der Waals surface area contributed by atoms with Crippen LogP contribution in [-0.2, 0) is 0 Å². The van der Waals surface area contributed by atoms with Crippen molar-refractivity contribution in [2.75, 3.05) is 0 Å². The van der Waals surface area contributed by atoms with Gasteiger partial charge in [-0.3, -0.25) is 0 Å². The zero-order chi connectivity index (χ0) is 13.7. The van der Waals surface area contributed by atoms with Crippen LogP contribution in [0.1, 0.15) is 32.8 Å². The largest absolute Gasteiger partial charge is 0.490 e. The van der Waals surface area contributed by atoms with Crippen LogP contribution in [0.4, 0.5) is 0 Å². The lowest BCUT2D eigenvalue weighted by atomic mass is 10.1. The Hall–Kier alpha value is -1.42. The summed E-state index contributed by atoms with van der Waals surface area (Å²) in [6.07, 6.45) is 0.981. The molecule has 0 saturated carbocycles. The molecule has 4 nitrogen and oxygen atoms in total. The second-order valence-corrected chi connectivity index (χ2v) is 5.12. The molecule has 5 heteroatoms. The number of oxime groups is 1. The molecule has 0 bridgehead atoms. The summed E-state index contributed by atoms with van der Waals surface area (Å²) < 4.78 is 5.80. The Balaban J connectivity index is 2.94. The second kappa shape index (κ2) is 6.50. The molecule has 0 amide bonds. The van der Waals surface area contributed by atoms with E-state index >= 15 is 0 Å². The Bertz CT molecular complexity index is 433. The molecule has 18 heavy (non-hydrogen) atoms. The highest BCUT2D eigenvalue weighted by molar-refractivity contribution is 6.31. The van der Waals surface area contributed by atoms with Gasteiger partial charge in [-0.05, 0) is 37.5 Å². The van der Waals surface area contributed by atoms with Crippen LogP contribution in [0.15, 0.2) is 23.4 Å². The van der Waals surface area contributed by atoms with Crippen molar-refractivity contribution >= 4 is 17.4 Å². The molecule has 0 heterocycles. The third-order valence-electron chi connectivity index (χ3n) is 2.46. The van der Waals surface area contributed by atoms with Crippen LogP contribution in [-0.4, -0.2) is 17.1 Å². The number of nitrogens with zero attached hydrogens (tertiary/aromatic N) is 1. The second-order valence-electron chi connectivity index (χ2n) is 4.68. The molecular weight excluding hydrogens is 252 g/mol. The Morgan fingerprint density at radius 3 is 2.67 bits per heavy atom. The van der Waals surface area contributed by atoms with E-state index in [0.717, 1.165) is 6.42 Å². The Kier molecular flexibility index (Phi) is 5.28. The maximum atomic E-state index is 8.75. The van der Waals surface area contributed by atoms with Gasteiger partial charge in [0, 0.05) is 5.02 Å². The molecule has 1 atom stereocenters. The van der Waals surface area contributed by atoms with Crippen molar-refractivity contribution in [2.24, 2.45) is 16.8 Å². The molecule has 0 aliphatic heterocycles. The van der Waals surface area contributed by atoms with E-state index in [9.17, 15) is 0 Å². The highest BCUT2D eigenvalue weighted by Crippen LogP contribution is 2.24. The summed E-state index contributed by atoms with van der Waals surface area (Å²) >= 11 is 5.89. The van der Waals surface area contributed by atoms with Crippen LogP contribution < -0.4 is 10.5 Å². The number of benzene rings is 1. The highest BCUT2D eigenvalue weighted by atomic mass is 35.5. The first kappa shape index (κ1) is 14.6. The lowest BCUT2D eigenvalue weighted by Gasteiger charge is -2.18. The van der Waals surface area contributed by atoms with E-state index in [1.54, 1.807) is 18.2 Å². The van der Waals surface area contributed by atoms with Gasteiger partial charge in [-0.2, -0.15) is 0 Å². The lowest BCUT2D eigenvalue weighted by molar-refractivity contribution is 0.193. The van der Waals surface area contributed by atoms with Crippen molar-refractivity contribution in [2.45, 2.75) is 33.3 Å². The van der Waals surface area contributed by atoms with Gasteiger partial charge in [-0.15, -0.1) is 0 Å². The summed E-state index contributed by atoms with van der Waals surface area (Å²) in [7, 11) is 0. The summed E-state index contributed by atoms with van der Waals surface area (Å²) in [5.74, 6) is 1.10. The van der Waals surface area contributed by atoms with Crippen LogP contribution in [0.2, 0.25) is 5.02 Å². The average molecular weight is 271 g/mol. The zero-order valence-corrected chi connectivity index (χ0v) is 11.6. The Morgan fingerprint density at radius 2 is 2.11 bits per heavy atom. The quantitative estimate of drug-likeness (QED) is 0.373. The lowest BCUT2D eigenvalue weighted by Crippen LogP contribution is -2.19. The SMILES string of the molecule is CC(C)CC(C)Oc1ccc(Cl)cc1C(N)=NO. The van der Waals surface area contributed by atoms with Gasteiger partial charge in [0.2, 0.25) is 0 Å². The van der Waals surface area contributed by atoms with E-state index in [1.165, 1.54) is 0 Å². The van der Waals surface area contributed by atoms with Gasteiger partial charge in [-0.25, -0.2) is 0 Å². The maximum Gasteiger partial charge on any atom is 0.173 e. The third kappa shape index (κ3) is 4.11. The molecule has 0 radical (unpaired) electrons. The van der Waals surface area contributed by atoms with E-state index in [1.807, 2.05) is 6.92 Å². The van der Waals surface area contributed by atoms with Gasteiger partial charge >= 0.3 is 0 Å². The average Bonchev–Trinajstić information content (AvgIpc) is 2.29. The minimum Gasteiger partial charge on any atom is -0.490 e. The number of amidine groups is 1. The molecule has 0 aliphatic rings. The number of halogens is 1. The van der Waals surface area contributed by atoms with E-state index in [2.05, 4.69) is 19.0 Å². The summed E-state index contributed by atoms with van der Waals surface area (Å²) in [5.41, 5.74) is 6.10. The summed E-state index contributed by atoms with van der Waals surface area (Å²) in [4.78, 5) is 0. The summed E-state index contributed by atoms with van der Waals surface area (Å²) in [6.45, 7) is 6.25. The number of rotatable bonds is 5. The topological polar surface area (TPSA) is 67.8 Å². The van der Waals surface area contributed by atoms with Crippen LogP contribution >= 0.6 is 11.6 Å². The van der Waals surface area contributed by atoms with Crippen molar-refractivity contribution < 1.29 is 9.94 Å². The first-order valence-corrected chi connectivity index (χ1v) is 6.26. The van der Waals surface area contributed by atoms with E-state index in [0.29, 0.717) is 22.3 Å². The number of hydrogen-bond donors (Lipinski definition) is 2. The molecule has 0 saturated heterocycles. The molecule has 0 fully saturated rings. The van der Waals surface area contributed by atoms with Crippen LogP contribution in [0.5, 0.6) is 5.75 Å². The van der Waals surface area contributed by atoms with Gasteiger partial charge in [0.05, 0.1) is 11.7 Å². The molecule has 1 rings (SSSR count). The van der Waals surface area contributed by atoms with Crippen LogP contribution in [0, 0.1) is 5.92 Å². The summed E-state index contributed by atoms with van der Waals surface area (Å²) in [6, 6.07) is 5.06. The number of hydrogen-bond acceptors (Lipinski definition) is 3. The molecule has 1 unspecified atom stereocenters. The molecule has 1 aromatic carbocycles. The molecule has 3 N–H and O–H groups in total. The standard InChI is InChI=1S/C13H19ClN2O2/c1-8(2)6-9(3)18-12-5-4-10(14)7-11(12)13(15)16-17/h4-5,7-9,17H,6H2,1-3H3,(H2,15,16). The third-order valence-corrected chi connectivity index (χ3v) is 2.69. The molecule has 1 aromatic rings. The first-order chi connectivity index (χ1) is 8.43. The van der Waals surface area contributed by atoms with Gasteiger partial charge in [0.1, 0.15) is 5.75 Å². The van der Waals surface area contributed by atoms with Gasteiger partial charge in [0.25, 0.3) is 0 Å². The molecule has 100 valence electrons. The maximum absolute atomic E-state index is 8.75. The van der Waals surface area contributed by atoms with Crippen LogP contribution in [0.25, 0.3) is 0 Å². The smallest absolute Gasteiger partial charge is 0.173 e. The first-order valence-electron chi connectivity index (χ1n) is 5.88. The summed E-state index contributed by atoms with van der Waals surface area (Å²) in [5, 5.41) is 12.2. The Morgan fingerprint density at radius 1 is 1.44 bits per heavy atom. The molecule has 0 aliphatic carbocycles. The van der Waals surface area contributed by atoms with Gasteiger partial charge in [0.15, 0.2) is 5.84 Å². The van der Waals surface area contributed by atoms with Crippen LogP contribution in [0.3, 0.4) is 0 Å². The van der Waals surface area contributed by atoms with Crippen molar-refractivity contribution in [1.29, 1.82) is 0 Å². The number of nitrogens with two attached hydrogens (primary N) is 1. The monoisotopic (exact) mass is 270 g/mol. The number of ether oxygens (including phenoxy) is 1. The predicted molar refractivity (Wildman–Crippen MR) is 73.5 cm³/mol. The Labute approximate surface area is 112 Å². The predicted octanol–water partition coefficient (Wildman–Crippen LogP) is 3.25. The van der Waals surface area contributed by atoms with Crippen molar-refractivity contribution in [1.82, 2.24) is 0 Å². The van der Waals surface area contributed by atoms with E-state index < -0.39 is 0 Å². The van der Waals surface area contributed by atoms with Crippen molar-refractivity contribution in [3.8, 4) is 5.75 Å². The fraction of sp³-hybridized carbons (Fsp3) is 0.462. The zero-order valence-electron chi connectivity index (χ0n) is 10.9. The minimum absolute atomic E-state index is 0.00996. The fourth-order valence-corrected chi connectivity index (χ4v) is 1.96. The highest BCUT2D eigenvalue weighted by Gasteiger charge is 2.13. The normalized spacial score (nSPS) is 13.7. The van der Waals surface area contributed by atoms with Crippen molar-refractivity contribution in [3.05, 3.63) is 28.8 Å². The van der Waals surface area contributed by atoms with E-state index in [-0.39, 0.29) is 11.9 Å². The molecule has 0 aromatic heterocycles. The molecule has 0 spiro atoms. The van der Waals surface area contributed by atoms with Crippen molar-refractivity contribution in [3.63, 3.8) is 0 Å². The van der Waals surface area contributed by atoms with E-state index in [4.69, 9.17) is 27.3 Å².